The Morgan fingerprint density at radius 1 is 1.23 bits per heavy atom. The normalized spacial score (nSPS) is 15.4. The smallest absolute Gasteiger partial charge is 0.338 e. The van der Waals surface area contributed by atoms with Crippen molar-refractivity contribution in [2.24, 2.45) is 4.99 Å². The number of halogens is 2. The number of hydrogen-bond donors (Lipinski definition) is 0. The first-order valence-electron chi connectivity index (χ1n) is 10.8. The van der Waals surface area contributed by atoms with Gasteiger partial charge in [0.1, 0.15) is 12.4 Å². The van der Waals surface area contributed by atoms with Gasteiger partial charge < -0.3 is 9.47 Å². The number of fused-ring (bicyclic) bond motifs is 1. The van der Waals surface area contributed by atoms with Crippen LogP contribution in [0.15, 0.2) is 85.1 Å². The molecule has 0 bridgehead atoms. The summed E-state index contributed by atoms with van der Waals surface area (Å²) >= 11 is 8.26. The van der Waals surface area contributed by atoms with E-state index in [1.54, 1.807) is 24.5 Å². The van der Waals surface area contributed by atoms with Crippen molar-refractivity contribution in [2.45, 2.75) is 19.9 Å². The molecule has 0 radical (unpaired) electrons. The Bertz CT molecular complexity index is 1500. The fourth-order valence-corrected chi connectivity index (χ4v) is 5.60. The number of aromatic nitrogens is 1. The highest BCUT2D eigenvalue weighted by Crippen LogP contribution is 2.31. The third-order valence-electron chi connectivity index (χ3n) is 5.31. The van der Waals surface area contributed by atoms with Gasteiger partial charge in [-0.1, -0.05) is 58.1 Å². The Morgan fingerprint density at radius 3 is 2.63 bits per heavy atom. The molecule has 1 aromatic heterocycles. The Morgan fingerprint density at radius 2 is 1.97 bits per heavy atom. The van der Waals surface area contributed by atoms with Crippen molar-refractivity contribution in [1.82, 2.24) is 4.57 Å². The predicted molar refractivity (Wildman–Crippen MR) is 144 cm³/mol. The van der Waals surface area contributed by atoms with Crippen LogP contribution in [-0.2, 0) is 9.53 Å². The number of carbonyl (C=O) groups excluding carboxylic acids is 1. The summed E-state index contributed by atoms with van der Waals surface area (Å²) in [4.78, 5) is 31.7. The molecular formula is C26H22Br2N2O4S. The molecule has 1 aliphatic heterocycles. The third kappa shape index (κ3) is 5.27. The van der Waals surface area contributed by atoms with Gasteiger partial charge in [-0.25, -0.2) is 9.79 Å². The number of ether oxygens (including phenoxy) is 2. The molecule has 3 aromatic rings. The molecule has 0 spiro atoms. The average Bonchev–Trinajstić information content (AvgIpc) is 3.12. The van der Waals surface area contributed by atoms with Gasteiger partial charge in [-0.15, -0.1) is 0 Å². The molecule has 0 N–H and O–H groups in total. The summed E-state index contributed by atoms with van der Waals surface area (Å²) in [6.45, 7) is 7.81. The van der Waals surface area contributed by atoms with Gasteiger partial charge in [0.2, 0.25) is 0 Å². The van der Waals surface area contributed by atoms with Crippen LogP contribution in [0, 0.1) is 0 Å². The van der Waals surface area contributed by atoms with E-state index >= 15 is 0 Å². The Labute approximate surface area is 223 Å². The molecule has 0 saturated heterocycles. The van der Waals surface area contributed by atoms with Crippen LogP contribution in [0.1, 0.15) is 31.0 Å². The van der Waals surface area contributed by atoms with Gasteiger partial charge in [-0.3, -0.25) is 9.36 Å². The van der Waals surface area contributed by atoms with E-state index in [1.165, 1.54) is 11.3 Å². The first-order valence-corrected chi connectivity index (χ1v) is 13.2. The van der Waals surface area contributed by atoms with Crippen molar-refractivity contribution in [3.8, 4) is 5.75 Å². The highest BCUT2D eigenvalue weighted by Gasteiger charge is 2.33. The highest BCUT2D eigenvalue weighted by molar-refractivity contribution is 9.10. The molecular weight excluding hydrogens is 596 g/mol. The zero-order valence-corrected chi connectivity index (χ0v) is 23.1. The summed E-state index contributed by atoms with van der Waals surface area (Å²) in [5.41, 5.74) is 2.30. The van der Waals surface area contributed by atoms with E-state index in [0.29, 0.717) is 33.0 Å². The molecule has 4 rings (SSSR count). The molecule has 9 heteroatoms. The van der Waals surface area contributed by atoms with E-state index in [0.717, 1.165) is 20.1 Å². The number of thiazole rings is 1. The molecule has 2 heterocycles. The maximum atomic E-state index is 13.6. The quantitative estimate of drug-likeness (QED) is 0.280. The molecule has 0 fully saturated rings. The summed E-state index contributed by atoms with van der Waals surface area (Å²) in [6.07, 6.45) is 3.49. The van der Waals surface area contributed by atoms with Crippen LogP contribution in [-0.4, -0.2) is 23.8 Å². The van der Waals surface area contributed by atoms with Crippen molar-refractivity contribution in [3.05, 3.63) is 106 Å². The lowest BCUT2D eigenvalue weighted by molar-refractivity contribution is -0.139. The lowest BCUT2D eigenvalue weighted by atomic mass is 9.96. The fourth-order valence-electron chi connectivity index (χ4n) is 3.78. The number of hydrogen-bond acceptors (Lipinski definition) is 6. The van der Waals surface area contributed by atoms with E-state index in [9.17, 15) is 9.59 Å². The zero-order valence-electron chi connectivity index (χ0n) is 19.1. The lowest BCUT2D eigenvalue weighted by Gasteiger charge is -2.24. The second-order valence-corrected chi connectivity index (χ2v) is 10.4. The molecule has 0 amide bonds. The SMILES string of the molecule is C=CCOc1ccc(/C=c2\sc3n(c2=O)[C@@H](c2ccc(Br)cc2)C(C(=O)OCC)=C(C)N=3)cc1Br. The maximum absolute atomic E-state index is 13.6. The molecule has 1 atom stereocenters. The Balaban J connectivity index is 1.86. The molecule has 6 nitrogen and oxygen atoms in total. The molecule has 0 saturated carbocycles. The number of esters is 1. The number of carbonyl (C=O) groups is 1. The van der Waals surface area contributed by atoms with Gasteiger partial charge in [-0.2, -0.15) is 0 Å². The van der Waals surface area contributed by atoms with Gasteiger partial charge in [0.15, 0.2) is 4.80 Å². The number of allylic oxidation sites excluding steroid dienone is 1. The second-order valence-electron chi connectivity index (χ2n) is 7.64. The van der Waals surface area contributed by atoms with E-state index in [2.05, 4.69) is 43.4 Å². The Hall–Kier alpha value is -2.75. The van der Waals surface area contributed by atoms with Crippen LogP contribution < -0.4 is 19.6 Å². The third-order valence-corrected chi connectivity index (χ3v) is 7.44. The lowest BCUT2D eigenvalue weighted by Crippen LogP contribution is -2.39. The van der Waals surface area contributed by atoms with Gasteiger partial charge in [0.05, 0.1) is 32.9 Å². The van der Waals surface area contributed by atoms with Gasteiger partial charge in [0.25, 0.3) is 5.56 Å². The van der Waals surface area contributed by atoms with Gasteiger partial charge in [0, 0.05) is 4.47 Å². The number of nitrogens with zero attached hydrogens (tertiary/aromatic N) is 2. The summed E-state index contributed by atoms with van der Waals surface area (Å²) in [5.74, 6) is 0.212. The largest absolute Gasteiger partial charge is 0.488 e. The first-order chi connectivity index (χ1) is 16.8. The van der Waals surface area contributed by atoms with Crippen molar-refractivity contribution in [3.63, 3.8) is 0 Å². The van der Waals surface area contributed by atoms with E-state index in [4.69, 9.17) is 9.47 Å². The van der Waals surface area contributed by atoms with Crippen LogP contribution in [0.3, 0.4) is 0 Å². The second kappa shape index (κ2) is 10.9. The van der Waals surface area contributed by atoms with Crippen LogP contribution in [0.4, 0.5) is 0 Å². The summed E-state index contributed by atoms with van der Waals surface area (Å²) in [6, 6.07) is 12.5. The van der Waals surface area contributed by atoms with Crippen molar-refractivity contribution >= 4 is 55.2 Å². The molecule has 2 aromatic carbocycles. The van der Waals surface area contributed by atoms with Gasteiger partial charge in [-0.05, 0) is 71.2 Å². The molecule has 35 heavy (non-hydrogen) atoms. The van der Waals surface area contributed by atoms with Crippen LogP contribution in [0.5, 0.6) is 5.75 Å². The topological polar surface area (TPSA) is 69.9 Å². The van der Waals surface area contributed by atoms with Crippen molar-refractivity contribution in [1.29, 1.82) is 0 Å². The van der Waals surface area contributed by atoms with Gasteiger partial charge >= 0.3 is 5.97 Å². The number of rotatable bonds is 7. The highest BCUT2D eigenvalue weighted by atomic mass is 79.9. The monoisotopic (exact) mass is 616 g/mol. The average molecular weight is 618 g/mol. The predicted octanol–water partition coefficient (Wildman–Crippen LogP) is 4.89. The van der Waals surface area contributed by atoms with Crippen molar-refractivity contribution < 1.29 is 14.3 Å². The molecule has 180 valence electrons. The minimum atomic E-state index is -0.637. The summed E-state index contributed by atoms with van der Waals surface area (Å²) in [7, 11) is 0. The van der Waals surface area contributed by atoms with E-state index < -0.39 is 12.0 Å². The minimum absolute atomic E-state index is 0.223. The molecule has 1 aliphatic rings. The molecule has 0 aliphatic carbocycles. The van der Waals surface area contributed by atoms with E-state index in [-0.39, 0.29) is 12.2 Å². The summed E-state index contributed by atoms with van der Waals surface area (Å²) < 4.78 is 14.7. The van der Waals surface area contributed by atoms with Crippen LogP contribution >= 0.6 is 43.2 Å². The van der Waals surface area contributed by atoms with Crippen molar-refractivity contribution in [2.75, 3.05) is 13.2 Å². The minimum Gasteiger partial charge on any atom is -0.488 e. The Kier molecular flexibility index (Phi) is 7.88. The van der Waals surface area contributed by atoms with Crippen LogP contribution in [0.25, 0.3) is 6.08 Å². The van der Waals surface area contributed by atoms with Crippen LogP contribution in [0.2, 0.25) is 0 Å². The first kappa shape index (κ1) is 25.3. The fraction of sp³-hybridized carbons (Fsp3) is 0.192. The standard InChI is InChI=1S/C26H22Br2N2O4S/c1-4-12-34-20-11-6-16(13-19(20)28)14-21-24(31)30-23(17-7-9-18(27)10-8-17)22(25(32)33-5-2)15(3)29-26(30)35-21/h4,6-11,13-14,23H,1,5,12H2,2-3H3/b21-14-/t23-/m0/s1. The summed E-state index contributed by atoms with van der Waals surface area (Å²) in [5, 5.41) is 0. The zero-order chi connectivity index (χ0) is 25.1. The number of benzene rings is 2. The van der Waals surface area contributed by atoms with E-state index in [1.807, 2.05) is 48.5 Å². The maximum Gasteiger partial charge on any atom is 0.338 e. The molecule has 0 unspecified atom stereocenters.